The van der Waals surface area contributed by atoms with Gasteiger partial charge in [0.15, 0.2) is 0 Å². The highest BCUT2D eigenvalue weighted by molar-refractivity contribution is 5.76. The number of rotatable bonds is 8. The maximum Gasteiger partial charge on any atom is 0.306 e. The van der Waals surface area contributed by atoms with E-state index in [1.54, 1.807) is 37.2 Å². The van der Waals surface area contributed by atoms with Crippen LogP contribution in [0.3, 0.4) is 0 Å². The van der Waals surface area contributed by atoms with Crippen molar-refractivity contribution in [3.63, 3.8) is 0 Å². The zero-order chi connectivity index (χ0) is 37.2. The van der Waals surface area contributed by atoms with E-state index >= 15 is 8.78 Å². The van der Waals surface area contributed by atoms with E-state index in [1.165, 1.54) is 19.2 Å². The van der Waals surface area contributed by atoms with Gasteiger partial charge in [-0.3, -0.25) is 9.59 Å². The second-order valence-corrected chi connectivity index (χ2v) is 14.5. The van der Waals surface area contributed by atoms with Gasteiger partial charge in [-0.1, -0.05) is 24.3 Å². The van der Waals surface area contributed by atoms with Crippen molar-refractivity contribution in [2.24, 2.45) is 23.3 Å². The molecule has 0 saturated heterocycles. The number of carbonyl (C=O) groups is 2. The lowest BCUT2D eigenvalue weighted by atomic mass is 9.77. The van der Waals surface area contributed by atoms with Gasteiger partial charge in [0.2, 0.25) is 5.91 Å². The summed E-state index contributed by atoms with van der Waals surface area (Å²) < 4.78 is 63.0. The minimum Gasteiger partial charge on any atom is -0.481 e. The molecule has 0 radical (unpaired) electrons. The van der Waals surface area contributed by atoms with Crippen LogP contribution in [0.4, 0.5) is 17.6 Å². The van der Waals surface area contributed by atoms with E-state index in [9.17, 15) is 18.4 Å². The Hall–Kier alpha value is -4.52. The Labute approximate surface area is 300 Å². The number of primary amides is 1. The molecule has 2 fully saturated rings. The van der Waals surface area contributed by atoms with Crippen LogP contribution in [0.5, 0.6) is 0 Å². The van der Waals surface area contributed by atoms with Crippen molar-refractivity contribution in [1.82, 2.24) is 19.1 Å². The molecule has 2 saturated carbocycles. The number of carboxylic acid groups (broad SMARTS) is 1. The first-order valence-electron chi connectivity index (χ1n) is 18.1. The first kappa shape index (κ1) is 37.2. The molecule has 4 heterocycles. The Morgan fingerprint density at radius 1 is 0.750 bits per heavy atom. The minimum atomic E-state index is -1.36. The number of nitrogens with zero attached hydrogens (tertiary/aromatic N) is 4. The summed E-state index contributed by atoms with van der Waals surface area (Å²) in [5, 5.41) is 9.06. The van der Waals surface area contributed by atoms with E-state index < -0.39 is 23.2 Å². The van der Waals surface area contributed by atoms with Crippen LogP contribution in [0.15, 0.2) is 61.4 Å². The van der Waals surface area contributed by atoms with Crippen molar-refractivity contribution in [3.05, 3.63) is 84.2 Å². The van der Waals surface area contributed by atoms with Crippen LogP contribution in [0.25, 0.3) is 22.5 Å². The van der Waals surface area contributed by atoms with E-state index in [4.69, 9.17) is 10.8 Å². The van der Waals surface area contributed by atoms with Crippen molar-refractivity contribution < 1.29 is 32.3 Å². The van der Waals surface area contributed by atoms with Gasteiger partial charge in [-0.05, 0) is 96.2 Å². The number of aliphatic carboxylic acids is 1. The number of carboxylic acids is 1. The highest BCUT2D eigenvalue weighted by Crippen LogP contribution is 2.47. The van der Waals surface area contributed by atoms with Gasteiger partial charge in [-0.25, -0.2) is 27.5 Å². The van der Waals surface area contributed by atoms with Gasteiger partial charge in [0, 0.05) is 28.2 Å². The van der Waals surface area contributed by atoms with Gasteiger partial charge in [0.25, 0.3) is 0 Å². The van der Waals surface area contributed by atoms with Crippen LogP contribution in [0.1, 0.15) is 100 Å². The number of benzene rings is 2. The third-order valence-corrected chi connectivity index (χ3v) is 11.6. The second-order valence-electron chi connectivity index (χ2n) is 14.5. The number of nitrogens with two attached hydrogens (primary N) is 2. The summed E-state index contributed by atoms with van der Waals surface area (Å²) >= 11 is 0. The maximum atomic E-state index is 15.2. The lowest BCUT2D eigenvalue weighted by molar-refractivity contribution is -0.143. The number of fused-ring (bicyclic) bond motifs is 6. The third kappa shape index (κ3) is 7.24. The summed E-state index contributed by atoms with van der Waals surface area (Å²) in [4.78, 5) is 30.6. The summed E-state index contributed by atoms with van der Waals surface area (Å²) in [6, 6.07) is 9.54. The smallest absolute Gasteiger partial charge is 0.306 e. The van der Waals surface area contributed by atoms with Gasteiger partial charge < -0.3 is 25.7 Å². The van der Waals surface area contributed by atoms with Gasteiger partial charge in [-0.15, -0.1) is 0 Å². The number of carbonyl (C=O) groups excluding carboxylic acids is 1. The molecule has 8 rings (SSSR count). The molecule has 4 aromatic rings. The van der Waals surface area contributed by atoms with Gasteiger partial charge in [0.05, 0.1) is 54.4 Å². The highest BCUT2D eigenvalue weighted by Gasteiger charge is 2.41. The molecule has 1 amide bonds. The number of hydrogen-bond donors (Lipinski definition) is 3. The summed E-state index contributed by atoms with van der Waals surface area (Å²) in [7, 11) is 1.50. The monoisotopic (exact) mass is 722 g/mol. The first-order chi connectivity index (χ1) is 25.0. The molecule has 9 nitrogen and oxygen atoms in total. The van der Waals surface area contributed by atoms with Crippen molar-refractivity contribution >= 4 is 11.9 Å². The summed E-state index contributed by atoms with van der Waals surface area (Å²) in [6.07, 6.45) is 11.4. The van der Waals surface area contributed by atoms with Crippen molar-refractivity contribution in [1.29, 1.82) is 0 Å². The average Bonchev–Trinajstić information content (AvgIpc) is 3.92. The number of alkyl halides is 2. The Morgan fingerprint density at radius 3 is 1.54 bits per heavy atom. The van der Waals surface area contributed by atoms with Gasteiger partial charge in [0.1, 0.15) is 23.0 Å². The zero-order valence-electron chi connectivity index (χ0n) is 29.3. The molecule has 2 aliphatic carbocycles. The van der Waals surface area contributed by atoms with Crippen molar-refractivity contribution in [2.45, 2.75) is 100 Å². The lowest BCUT2D eigenvalue weighted by Crippen LogP contribution is -2.35. The molecule has 4 aliphatic rings. The first-order valence-corrected chi connectivity index (χ1v) is 18.1. The summed E-state index contributed by atoms with van der Waals surface area (Å²) in [5.41, 5.74) is 11.8. The fraction of sp³-hybridized carbons (Fsp3) is 0.487. The number of hydrogen-bond acceptors (Lipinski definition) is 5. The van der Waals surface area contributed by atoms with Crippen molar-refractivity contribution in [3.8, 4) is 22.5 Å². The molecule has 5 N–H and O–H groups in total. The largest absolute Gasteiger partial charge is 0.481 e. The predicted molar refractivity (Wildman–Crippen MR) is 189 cm³/mol. The van der Waals surface area contributed by atoms with Crippen LogP contribution in [0, 0.1) is 23.5 Å². The Balaban J connectivity index is 0.000000171. The molecule has 52 heavy (non-hydrogen) atoms. The van der Waals surface area contributed by atoms with Crippen LogP contribution < -0.4 is 11.5 Å². The van der Waals surface area contributed by atoms with Crippen LogP contribution in [-0.2, 0) is 9.59 Å². The Kier molecular flexibility index (Phi) is 10.9. The average molecular weight is 723 g/mol. The van der Waals surface area contributed by atoms with E-state index in [0.717, 1.165) is 22.5 Å². The Morgan fingerprint density at radius 2 is 1.15 bits per heavy atom. The Bertz CT molecular complexity index is 1760. The molecule has 2 atom stereocenters. The molecule has 2 aliphatic heterocycles. The second kappa shape index (κ2) is 15.2. The predicted octanol–water partition coefficient (Wildman–Crippen LogP) is 7.69. The third-order valence-electron chi connectivity index (χ3n) is 11.6. The standard InChI is InChI=1S/C19H21F2N3O.C19H20F2N2O2.CH5N/c20-14-3-1-2-13-16-10-23-11-24(16)15(17(13)14)6-9-19(21)7-4-12(5-8-19)18(22)25;20-14-3-1-2-13-16-10-22-11-23(16)15(17(13)14)6-9-19(21)7-4-12(5-8-19)18(24)25;1-2/h1-3,10-12,15H,4-9H2,(H2,22,25);1-3,10-12,15H,4-9H2,(H,24,25);2H2,1H3. The fourth-order valence-electron chi connectivity index (χ4n) is 8.66. The van der Waals surface area contributed by atoms with Crippen LogP contribution >= 0.6 is 0 Å². The molecule has 0 spiro atoms. The minimum absolute atomic E-state index is 0.214. The quantitative estimate of drug-likeness (QED) is 0.159. The normalized spacial score (nSPS) is 26.8. The summed E-state index contributed by atoms with van der Waals surface area (Å²) in [6.45, 7) is 0. The summed E-state index contributed by atoms with van der Waals surface area (Å²) in [5.74, 6) is -2.35. The molecule has 13 heteroatoms. The molecule has 2 aromatic heterocycles. The van der Waals surface area contributed by atoms with E-state index in [-0.39, 0.29) is 48.4 Å². The molecule has 2 unspecified atom stereocenters. The van der Waals surface area contributed by atoms with E-state index in [0.29, 0.717) is 75.3 Å². The number of imidazole rings is 2. The van der Waals surface area contributed by atoms with Crippen LogP contribution in [0.2, 0.25) is 0 Å². The lowest BCUT2D eigenvalue weighted by Gasteiger charge is -2.33. The SMILES string of the molecule is CN.NC(=O)C1CCC(F)(CCC2c3c(F)cccc3-c3cncn32)CC1.O=C(O)C1CCC(F)(CCC2c3c(F)cccc3-c3cncn32)CC1. The molecule has 2 aromatic carbocycles. The van der Waals surface area contributed by atoms with Gasteiger partial charge >= 0.3 is 5.97 Å². The van der Waals surface area contributed by atoms with E-state index in [2.05, 4.69) is 15.7 Å². The molecular formula is C39H46F4N6O3. The zero-order valence-corrected chi connectivity index (χ0v) is 29.3. The number of amides is 1. The van der Waals surface area contributed by atoms with Gasteiger partial charge in [-0.2, -0.15) is 0 Å². The molecular weight excluding hydrogens is 676 g/mol. The van der Waals surface area contributed by atoms with Crippen molar-refractivity contribution in [2.75, 3.05) is 7.05 Å². The fourth-order valence-corrected chi connectivity index (χ4v) is 8.66. The molecule has 278 valence electrons. The maximum absolute atomic E-state index is 15.2. The van der Waals surface area contributed by atoms with Crippen LogP contribution in [-0.4, -0.2) is 54.5 Å². The number of halogens is 4. The van der Waals surface area contributed by atoms with E-state index in [1.807, 2.05) is 21.3 Å². The number of aromatic nitrogens is 4. The molecule has 0 bridgehead atoms. The topological polar surface area (TPSA) is 142 Å². The highest BCUT2D eigenvalue weighted by atomic mass is 19.2.